The van der Waals surface area contributed by atoms with E-state index in [4.69, 9.17) is 11.5 Å². The summed E-state index contributed by atoms with van der Waals surface area (Å²) in [5.41, 5.74) is 13.6. The Bertz CT molecular complexity index is 613. The number of hydrogen-bond donors (Lipinski definition) is 3. The summed E-state index contributed by atoms with van der Waals surface area (Å²) in [6, 6.07) is 3.73. The summed E-state index contributed by atoms with van der Waals surface area (Å²) in [5.74, 6) is 0.809. The van der Waals surface area contributed by atoms with Gasteiger partial charge < -0.3 is 16.5 Å². The maximum Gasteiger partial charge on any atom is 0.156 e. The molecule has 0 atom stereocenters. The van der Waals surface area contributed by atoms with Crippen LogP contribution in [0, 0.1) is 0 Å². The molecule has 2 aliphatic rings. The first-order valence-corrected chi connectivity index (χ1v) is 4.41. The lowest BCUT2D eigenvalue weighted by atomic mass is 10.1. The number of nitrogens with zero attached hydrogens (tertiary/aromatic N) is 3. The number of aromatic amines is 1. The van der Waals surface area contributed by atoms with Gasteiger partial charge in [0.2, 0.25) is 0 Å². The van der Waals surface area contributed by atoms with Gasteiger partial charge in [0, 0.05) is 11.6 Å². The van der Waals surface area contributed by atoms with Gasteiger partial charge in [-0.2, -0.15) is 0 Å². The summed E-state index contributed by atoms with van der Waals surface area (Å²) in [6.07, 6.45) is 1.68. The Morgan fingerprint density at radius 2 is 2.07 bits per heavy atom. The summed E-state index contributed by atoms with van der Waals surface area (Å²) >= 11 is 0. The highest BCUT2D eigenvalue weighted by Crippen LogP contribution is 2.34. The topological polar surface area (TPSA) is 106 Å². The van der Waals surface area contributed by atoms with Crippen LogP contribution in [-0.4, -0.2) is 20.2 Å². The average Bonchev–Trinajstić information content (AvgIpc) is 2.62. The highest BCUT2D eigenvalue weighted by molar-refractivity contribution is 6.00. The minimum absolute atomic E-state index is 0.378. The number of nitrogen functional groups attached to an aromatic ring is 2. The van der Waals surface area contributed by atoms with E-state index < -0.39 is 0 Å². The Kier molecular flexibility index (Phi) is 1.37. The summed E-state index contributed by atoms with van der Waals surface area (Å²) in [5, 5.41) is 8.59. The molecular formula is C9H8N6. The molecule has 6 heteroatoms. The van der Waals surface area contributed by atoms with E-state index in [-0.39, 0.29) is 0 Å². The molecule has 1 aromatic heterocycles. The standard InChI is InChI=1S/C9H8N6/c10-7-5-4-2-1-3-12-9(4)13-8(11)6(5)14-15-7/h1-3H,10-11H2,(H,12,13). The van der Waals surface area contributed by atoms with Crippen LogP contribution in [0.2, 0.25) is 0 Å². The zero-order chi connectivity index (χ0) is 10.4. The molecule has 3 rings (SSSR count). The average molecular weight is 200 g/mol. The van der Waals surface area contributed by atoms with Crippen molar-refractivity contribution >= 4 is 22.7 Å². The third kappa shape index (κ3) is 0.954. The van der Waals surface area contributed by atoms with E-state index in [9.17, 15) is 0 Å². The molecule has 0 spiro atoms. The Hall–Kier alpha value is -2.37. The largest absolute Gasteiger partial charge is 0.383 e. The lowest BCUT2D eigenvalue weighted by Crippen LogP contribution is -1.98. The first-order valence-electron chi connectivity index (χ1n) is 4.41. The predicted octanol–water partition coefficient (Wildman–Crippen LogP) is 0.622. The third-order valence-electron chi connectivity index (χ3n) is 2.34. The molecule has 74 valence electrons. The van der Waals surface area contributed by atoms with Crippen molar-refractivity contribution in [1.29, 1.82) is 0 Å². The smallest absolute Gasteiger partial charge is 0.156 e. The number of rotatable bonds is 0. The van der Waals surface area contributed by atoms with Crippen LogP contribution in [0.4, 0.5) is 11.6 Å². The fraction of sp³-hybridized carbons (Fsp3) is 0. The third-order valence-corrected chi connectivity index (χ3v) is 2.34. The Labute approximate surface area is 84.7 Å². The molecule has 0 aliphatic carbocycles. The SMILES string of the molecule is Nc1nnc2c(N)[nH]c3ncccc3c1-2. The Morgan fingerprint density at radius 1 is 1.20 bits per heavy atom. The number of pyridine rings is 2. The van der Waals surface area contributed by atoms with Crippen molar-refractivity contribution in [3.63, 3.8) is 0 Å². The highest BCUT2D eigenvalue weighted by Gasteiger charge is 2.18. The number of nitrogens with two attached hydrogens (primary N) is 2. The fourth-order valence-corrected chi connectivity index (χ4v) is 1.67. The van der Waals surface area contributed by atoms with E-state index in [0.717, 1.165) is 10.9 Å². The fourth-order valence-electron chi connectivity index (χ4n) is 1.67. The van der Waals surface area contributed by atoms with Gasteiger partial charge in [-0.1, -0.05) is 0 Å². The van der Waals surface area contributed by atoms with Gasteiger partial charge in [-0.3, -0.25) is 0 Å². The molecule has 0 saturated carbocycles. The van der Waals surface area contributed by atoms with Crippen molar-refractivity contribution in [1.82, 2.24) is 20.2 Å². The van der Waals surface area contributed by atoms with E-state index in [0.29, 0.717) is 23.0 Å². The van der Waals surface area contributed by atoms with Crippen molar-refractivity contribution in [3.05, 3.63) is 18.3 Å². The zero-order valence-corrected chi connectivity index (χ0v) is 7.73. The second-order valence-electron chi connectivity index (χ2n) is 3.25. The lowest BCUT2D eigenvalue weighted by Gasteiger charge is -2.06. The molecule has 2 aliphatic heterocycles. The van der Waals surface area contributed by atoms with E-state index in [1.165, 1.54) is 0 Å². The number of hydrogen-bond acceptors (Lipinski definition) is 5. The van der Waals surface area contributed by atoms with E-state index in [2.05, 4.69) is 20.2 Å². The molecule has 6 nitrogen and oxygen atoms in total. The van der Waals surface area contributed by atoms with Gasteiger partial charge in [0.25, 0.3) is 0 Å². The summed E-state index contributed by atoms with van der Waals surface area (Å²) in [4.78, 5) is 7.12. The molecule has 0 unspecified atom stereocenters. The van der Waals surface area contributed by atoms with Gasteiger partial charge in [0.15, 0.2) is 5.82 Å². The minimum Gasteiger partial charge on any atom is -0.383 e. The maximum absolute atomic E-state index is 5.78. The molecule has 15 heavy (non-hydrogen) atoms. The molecule has 0 amide bonds. The van der Waals surface area contributed by atoms with Gasteiger partial charge >= 0.3 is 0 Å². The van der Waals surface area contributed by atoms with Crippen LogP contribution in [0.5, 0.6) is 0 Å². The van der Waals surface area contributed by atoms with Crippen molar-refractivity contribution in [3.8, 4) is 11.3 Å². The van der Waals surface area contributed by atoms with Gasteiger partial charge in [0.1, 0.15) is 17.2 Å². The number of nitrogens with one attached hydrogen (secondary N) is 1. The molecule has 0 saturated heterocycles. The number of H-pyrrole nitrogens is 1. The van der Waals surface area contributed by atoms with Crippen LogP contribution in [0.25, 0.3) is 22.3 Å². The Balaban J connectivity index is 2.60. The molecule has 0 bridgehead atoms. The molecule has 0 radical (unpaired) electrons. The summed E-state index contributed by atoms with van der Waals surface area (Å²) < 4.78 is 0. The number of fused-ring (bicyclic) bond motifs is 3. The summed E-state index contributed by atoms with van der Waals surface area (Å²) in [7, 11) is 0. The van der Waals surface area contributed by atoms with Crippen LogP contribution in [0.1, 0.15) is 0 Å². The minimum atomic E-state index is 0.378. The molecule has 1 aromatic rings. The van der Waals surface area contributed by atoms with Crippen molar-refractivity contribution in [2.24, 2.45) is 0 Å². The number of anilines is 2. The molecule has 3 heterocycles. The normalized spacial score (nSPS) is 11.2. The molecule has 0 aromatic carbocycles. The van der Waals surface area contributed by atoms with E-state index >= 15 is 0 Å². The van der Waals surface area contributed by atoms with Crippen LogP contribution in [0.3, 0.4) is 0 Å². The van der Waals surface area contributed by atoms with E-state index in [1.54, 1.807) is 6.20 Å². The highest BCUT2D eigenvalue weighted by atomic mass is 15.2. The summed E-state index contributed by atoms with van der Waals surface area (Å²) in [6.45, 7) is 0. The number of aromatic nitrogens is 4. The lowest BCUT2D eigenvalue weighted by molar-refractivity contribution is 1.10. The second kappa shape index (κ2) is 2.57. The monoisotopic (exact) mass is 200 g/mol. The van der Waals surface area contributed by atoms with Crippen LogP contribution >= 0.6 is 0 Å². The quantitative estimate of drug-likeness (QED) is 0.493. The van der Waals surface area contributed by atoms with E-state index in [1.807, 2.05) is 12.1 Å². The molecule has 0 fully saturated rings. The van der Waals surface area contributed by atoms with Gasteiger partial charge in [0.05, 0.1) is 5.56 Å². The van der Waals surface area contributed by atoms with Crippen molar-refractivity contribution in [2.75, 3.05) is 11.5 Å². The molecule has 5 N–H and O–H groups in total. The van der Waals surface area contributed by atoms with Crippen LogP contribution < -0.4 is 11.5 Å². The second-order valence-corrected chi connectivity index (χ2v) is 3.25. The Morgan fingerprint density at radius 3 is 2.93 bits per heavy atom. The zero-order valence-electron chi connectivity index (χ0n) is 7.73. The van der Waals surface area contributed by atoms with Crippen LogP contribution in [0.15, 0.2) is 18.3 Å². The van der Waals surface area contributed by atoms with Gasteiger partial charge in [-0.25, -0.2) is 4.98 Å². The van der Waals surface area contributed by atoms with Crippen LogP contribution in [-0.2, 0) is 0 Å². The van der Waals surface area contributed by atoms with Gasteiger partial charge in [-0.05, 0) is 12.1 Å². The first-order chi connectivity index (χ1) is 7.27. The van der Waals surface area contributed by atoms with Gasteiger partial charge in [-0.15, -0.1) is 10.2 Å². The first kappa shape index (κ1) is 7.98. The predicted molar refractivity (Wildman–Crippen MR) is 57.1 cm³/mol. The maximum atomic E-state index is 5.78. The molecular weight excluding hydrogens is 192 g/mol. The van der Waals surface area contributed by atoms with Crippen molar-refractivity contribution in [2.45, 2.75) is 0 Å². The van der Waals surface area contributed by atoms with Crippen molar-refractivity contribution < 1.29 is 0 Å².